The summed E-state index contributed by atoms with van der Waals surface area (Å²) in [5.41, 5.74) is 9.40. The topological polar surface area (TPSA) is 68.9 Å². The minimum Gasteiger partial charge on any atom is -0.366 e. The van der Waals surface area contributed by atoms with Crippen molar-refractivity contribution in [3.63, 3.8) is 0 Å². The fraction of sp³-hybridized carbons (Fsp3) is 0. The molecule has 0 bridgehead atoms. The average Bonchev–Trinajstić information content (AvgIpc) is 2.56. The summed E-state index contributed by atoms with van der Waals surface area (Å²) in [7, 11) is 0. The number of nitrogens with zero attached hydrogens (tertiary/aromatic N) is 2. The number of amides is 1. The number of hydrogen-bond donors (Lipinski definition) is 1. The first-order chi connectivity index (χ1) is 10.2. The van der Waals surface area contributed by atoms with E-state index in [4.69, 9.17) is 5.73 Å². The maximum atomic E-state index is 11.1. The molecule has 0 unspecified atom stereocenters. The van der Waals surface area contributed by atoms with E-state index in [1.807, 2.05) is 42.5 Å². The summed E-state index contributed by atoms with van der Waals surface area (Å²) in [6, 6.07) is 16.8. The molecule has 0 aliphatic rings. The highest BCUT2D eigenvalue weighted by molar-refractivity contribution is 5.93. The smallest absolute Gasteiger partial charge is 0.248 e. The third-order valence-electron chi connectivity index (χ3n) is 3.19. The highest BCUT2D eigenvalue weighted by atomic mass is 16.1. The summed E-state index contributed by atoms with van der Waals surface area (Å²) in [5, 5.41) is 0. The molecule has 0 atom stereocenters. The van der Waals surface area contributed by atoms with Crippen molar-refractivity contribution in [1.82, 2.24) is 9.97 Å². The van der Waals surface area contributed by atoms with Crippen LogP contribution in [0.25, 0.3) is 22.5 Å². The van der Waals surface area contributed by atoms with Crippen LogP contribution in [0.4, 0.5) is 0 Å². The molecule has 4 nitrogen and oxygen atoms in total. The molecule has 1 aromatic carbocycles. The van der Waals surface area contributed by atoms with Crippen molar-refractivity contribution in [3.05, 3.63) is 72.6 Å². The second-order valence-corrected chi connectivity index (χ2v) is 4.59. The molecule has 0 saturated heterocycles. The van der Waals surface area contributed by atoms with Crippen LogP contribution in [-0.2, 0) is 0 Å². The Bertz CT molecular complexity index is 768. The van der Waals surface area contributed by atoms with Gasteiger partial charge in [-0.15, -0.1) is 0 Å². The minimum atomic E-state index is -0.426. The molecule has 4 heteroatoms. The Kier molecular flexibility index (Phi) is 3.43. The maximum absolute atomic E-state index is 11.1. The first-order valence-corrected chi connectivity index (χ1v) is 6.52. The molecule has 102 valence electrons. The molecule has 3 aromatic rings. The largest absolute Gasteiger partial charge is 0.366 e. The average molecular weight is 275 g/mol. The van der Waals surface area contributed by atoms with Crippen LogP contribution in [0.3, 0.4) is 0 Å². The van der Waals surface area contributed by atoms with Crippen LogP contribution in [0, 0.1) is 0 Å². The maximum Gasteiger partial charge on any atom is 0.248 e. The zero-order chi connectivity index (χ0) is 14.7. The molecular weight excluding hydrogens is 262 g/mol. The van der Waals surface area contributed by atoms with Crippen molar-refractivity contribution < 1.29 is 4.79 Å². The molecule has 0 spiro atoms. The van der Waals surface area contributed by atoms with Crippen LogP contribution in [0.1, 0.15) is 10.4 Å². The fourth-order valence-corrected chi connectivity index (χ4v) is 2.09. The van der Waals surface area contributed by atoms with E-state index in [9.17, 15) is 4.79 Å². The number of hydrogen-bond acceptors (Lipinski definition) is 3. The van der Waals surface area contributed by atoms with E-state index < -0.39 is 5.91 Å². The van der Waals surface area contributed by atoms with Gasteiger partial charge < -0.3 is 5.73 Å². The van der Waals surface area contributed by atoms with Gasteiger partial charge in [0.25, 0.3) is 0 Å². The van der Waals surface area contributed by atoms with Gasteiger partial charge in [-0.3, -0.25) is 14.8 Å². The van der Waals surface area contributed by atoms with Crippen molar-refractivity contribution in [2.75, 3.05) is 0 Å². The zero-order valence-corrected chi connectivity index (χ0v) is 11.2. The number of carbonyl (C=O) groups excluding carboxylic acids is 1. The van der Waals surface area contributed by atoms with E-state index in [1.54, 1.807) is 24.5 Å². The summed E-state index contributed by atoms with van der Waals surface area (Å²) in [6.07, 6.45) is 3.49. The van der Waals surface area contributed by atoms with Gasteiger partial charge >= 0.3 is 0 Å². The summed E-state index contributed by atoms with van der Waals surface area (Å²) >= 11 is 0. The quantitative estimate of drug-likeness (QED) is 0.799. The van der Waals surface area contributed by atoms with Crippen LogP contribution in [0.5, 0.6) is 0 Å². The van der Waals surface area contributed by atoms with Gasteiger partial charge in [0.05, 0.1) is 11.4 Å². The van der Waals surface area contributed by atoms with E-state index in [0.717, 1.165) is 22.5 Å². The van der Waals surface area contributed by atoms with Crippen molar-refractivity contribution in [3.8, 4) is 22.5 Å². The Morgan fingerprint density at radius 1 is 0.810 bits per heavy atom. The predicted molar refractivity (Wildman–Crippen MR) is 81.4 cm³/mol. The number of benzene rings is 1. The van der Waals surface area contributed by atoms with Crippen molar-refractivity contribution in [2.24, 2.45) is 5.73 Å². The number of aromatic nitrogens is 2. The Morgan fingerprint density at radius 2 is 1.57 bits per heavy atom. The summed E-state index contributed by atoms with van der Waals surface area (Å²) < 4.78 is 0. The van der Waals surface area contributed by atoms with Crippen molar-refractivity contribution in [2.45, 2.75) is 0 Å². The van der Waals surface area contributed by atoms with Gasteiger partial charge in [-0.05, 0) is 47.5 Å². The van der Waals surface area contributed by atoms with Crippen LogP contribution < -0.4 is 5.73 Å². The molecule has 0 aliphatic carbocycles. The predicted octanol–water partition coefficient (Wildman–Crippen LogP) is 2.91. The van der Waals surface area contributed by atoms with E-state index >= 15 is 0 Å². The summed E-state index contributed by atoms with van der Waals surface area (Å²) in [4.78, 5) is 19.7. The first-order valence-electron chi connectivity index (χ1n) is 6.52. The normalized spacial score (nSPS) is 10.3. The van der Waals surface area contributed by atoms with Crippen LogP contribution in [-0.4, -0.2) is 15.9 Å². The summed E-state index contributed by atoms with van der Waals surface area (Å²) in [6.45, 7) is 0. The lowest BCUT2D eigenvalue weighted by molar-refractivity contribution is 0.100. The molecular formula is C17H13N3O. The number of rotatable bonds is 3. The fourth-order valence-electron chi connectivity index (χ4n) is 2.09. The number of carbonyl (C=O) groups is 1. The molecule has 21 heavy (non-hydrogen) atoms. The molecule has 2 N–H and O–H groups in total. The SMILES string of the molecule is NC(=O)c1ccc(-c2ccnc(-c3ccccn3)c2)cc1. The van der Waals surface area contributed by atoms with Gasteiger partial charge in [0, 0.05) is 18.0 Å². The van der Waals surface area contributed by atoms with E-state index in [0.29, 0.717) is 5.56 Å². The molecule has 2 aromatic heterocycles. The lowest BCUT2D eigenvalue weighted by Crippen LogP contribution is -2.10. The second-order valence-electron chi connectivity index (χ2n) is 4.59. The lowest BCUT2D eigenvalue weighted by atomic mass is 10.0. The highest BCUT2D eigenvalue weighted by Crippen LogP contribution is 2.23. The standard InChI is InChI=1S/C17H13N3O/c18-17(21)13-6-4-12(5-7-13)14-8-10-20-16(11-14)15-3-1-2-9-19-15/h1-11H,(H2,18,21). The number of pyridine rings is 2. The Labute approximate surface area is 122 Å². The third kappa shape index (κ3) is 2.79. The van der Waals surface area contributed by atoms with E-state index in [-0.39, 0.29) is 0 Å². The molecule has 0 saturated carbocycles. The molecule has 1 amide bonds. The van der Waals surface area contributed by atoms with E-state index in [2.05, 4.69) is 9.97 Å². The van der Waals surface area contributed by atoms with Crippen LogP contribution >= 0.6 is 0 Å². The van der Waals surface area contributed by atoms with E-state index in [1.165, 1.54) is 0 Å². The number of primary amides is 1. The number of nitrogens with two attached hydrogens (primary N) is 1. The van der Waals surface area contributed by atoms with Gasteiger partial charge in [0.1, 0.15) is 0 Å². The Balaban J connectivity index is 1.98. The van der Waals surface area contributed by atoms with Gasteiger partial charge in [0.2, 0.25) is 5.91 Å². The Morgan fingerprint density at radius 3 is 2.24 bits per heavy atom. The van der Waals surface area contributed by atoms with Gasteiger partial charge in [-0.25, -0.2) is 0 Å². The molecule has 0 radical (unpaired) electrons. The van der Waals surface area contributed by atoms with Crippen molar-refractivity contribution >= 4 is 5.91 Å². The van der Waals surface area contributed by atoms with Gasteiger partial charge in [0.15, 0.2) is 0 Å². The molecule has 2 heterocycles. The van der Waals surface area contributed by atoms with Gasteiger partial charge in [-0.2, -0.15) is 0 Å². The van der Waals surface area contributed by atoms with Gasteiger partial charge in [-0.1, -0.05) is 18.2 Å². The molecule has 0 fully saturated rings. The zero-order valence-electron chi connectivity index (χ0n) is 11.2. The van der Waals surface area contributed by atoms with Crippen molar-refractivity contribution in [1.29, 1.82) is 0 Å². The summed E-state index contributed by atoms with van der Waals surface area (Å²) in [5.74, 6) is -0.426. The Hall–Kier alpha value is -3.01. The third-order valence-corrected chi connectivity index (χ3v) is 3.19. The first kappa shape index (κ1) is 13.0. The highest BCUT2D eigenvalue weighted by Gasteiger charge is 2.05. The molecule has 0 aliphatic heterocycles. The minimum absolute atomic E-state index is 0.426. The second kappa shape index (κ2) is 5.54. The van der Waals surface area contributed by atoms with Crippen LogP contribution in [0.2, 0.25) is 0 Å². The monoisotopic (exact) mass is 275 g/mol. The lowest BCUT2D eigenvalue weighted by Gasteiger charge is -2.05. The molecule has 3 rings (SSSR count). The van der Waals surface area contributed by atoms with Crippen LogP contribution in [0.15, 0.2) is 67.0 Å².